The van der Waals surface area contributed by atoms with Crippen LogP contribution in [0.25, 0.3) is 0 Å². The number of hydrogen-bond acceptors (Lipinski definition) is 4. The molecule has 0 aromatic heterocycles. The summed E-state index contributed by atoms with van der Waals surface area (Å²) in [5.41, 5.74) is 3.20. The first-order valence-electron chi connectivity index (χ1n) is 7.85. The number of para-hydroxylation sites is 1. The molecule has 0 aliphatic carbocycles. The van der Waals surface area contributed by atoms with E-state index >= 15 is 0 Å². The standard InChI is InChI=1S/C18H19N3O3/c1-12-7-8-15(17(9-12)21(23)24)19-18(22)11-20-13(2)10-14-5-3-4-6-16(14)20/h3-9,13H,10-11H2,1-2H3,(H,19,22)/t13-/m1/s1. The van der Waals surface area contributed by atoms with E-state index in [2.05, 4.69) is 18.3 Å². The maximum atomic E-state index is 12.4. The zero-order chi connectivity index (χ0) is 17.3. The lowest BCUT2D eigenvalue weighted by atomic mass is 10.1. The summed E-state index contributed by atoms with van der Waals surface area (Å²) in [6, 6.07) is 13.0. The highest BCUT2D eigenvalue weighted by atomic mass is 16.6. The molecule has 24 heavy (non-hydrogen) atoms. The predicted octanol–water partition coefficient (Wildman–Crippen LogP) is 3.29. The number of carbonyl (C=O) groups excluding carboxylic acids is 1. The van der Waals surface area contributed by atoms with Crippen LogP contribution in [0.5, 0.6) is 0 Å². The minimum Gasteiger partial charge on any atom is -0.359 e. The number of benzene rings is 2. The number of aryl methyl sites for hydroxylation is 1. The van der Waals surface area contributed by atoms with Crippen LogP contribution < -0.4 is 10.2 Å². The molecule has 0 saturated carbocycles. The average Bonchev–Trinajstić information content (AvgIpc) is 2.85. The molecule has 1 heterocycles. The van der Waals surface area contributed by atoms with Crippen molar-refractivity contribution in [2.45, 2.75) is 26.3 Å². The van der Waals surface area contributed by atoms with E-state index in [4.69, 9.17) is 0 Å². The zero-order valence-electron chi connectivity index (χ0n) is 13.7. The predicted molar refractivity (Wildman–Crippen MR) is 93.4 cm³/mol. The lowest BCUT2D eigenvalue weighted by molar-refractivity contribution is -0.384. The average molecular weight is 325 g/mol. The molecule has 1 amide bonds. The van der Waals surface area contributed by atoms with E-state index in [1.807, 2.05) is 23.1 Å². The second kappa shape index (κ2) is 6.31. The van der Waals surface area contributed by atoms with Crippen LogP contribution in [0.4, 0.5) is 17.1 Å². The van der Waals surface area contributed by atoms with Gasteiger partial charge < -0.3 is 10.2 Å². The second-order valence-electron chi connectivity index (χ2n) is 6.14. The third-order valence-electron chi connectivity index (χ3n) is 4.29. The fraction of sp³-hybridized carbons (Fsp3) is 0.278. The van der Waals surface area contributed by atoms with Crippen molar-refractivity contribution in [3.05, 3.63) is 63.7 Å². The number of rotatable bonds is 4. The molecule has 0 radical (unpaired) electrons. The van der Waals surface area contributed by atoms with E-state index < -0.39 is 4.92 Å². The Bertz CT molecular complexity index is 804. The van der Waals surface area contributed by atoms with Gasteiger partial charge >= 0.3 is 0 Å². The maximum absolute atomic E-state index is 12.4. The highest BCUT2D eigenvalue weighted by Crippen LogP contribution is 2.31. The number of nitro groups is 1. The molecule has 1 N–H and O–H groups in total. The van der Waals surface area contributed by atoms with Gasteiger partial charge in [0, 0.05) is 17.8 Å². The molecule has 0 bridgehead atoms. The number of amides is 1. The summed E-state index contributed by atoms with van der Waals surface area (Å²) in [5, 5.41) is 13.8. The fourth-order valence-electron chi connectivity index (χ4n) is 3.11. The van der Waals surface area contributed by atoms with E-state index in [9.17, 15) is 14.9 Å². The Kier molecular flexibility index (Phi) is 4.20. The summed E-state index contributed by atoms with van der Waals surface area (Å²) < 4.78 is 0. The monoisotopic (exact) mass is 325 g/mol. The van der Waals surface area contributed by atoms with Gasteiger partial charge in [-0.1, -0.05) is 24.3 Å². The van der Waals surface area contributed by atoms with Crippen LogP contribution in [0.3, 0.4) is 0 Å². The molecule has 1 aliphatic rings. The summed E-state index contributed by atoms with van der Waals surface area (Å²) >= 11 is 0. The minimum absolute atomic E-state index is 0.0850. The Morgan fingerprint density at radius 1 is 1.33 bits per heavy atom. The number of fused-ring (bicyclic) bond motifs is 1. The van der Waals surface area contributed by atoms with E-state index in [1.165, 1.54) is 11.6 Å². The molecule has 0 saturated heterocycles. The van der Waals surface area contributed by atoms with Crippen molar-refractivity contribution in [2.75, 3.05) is 16.8 Å². The quantitative estimate of drug-likeness (QED) is 0.691. The summed E-state index contributed by atoms with van der Waals surface area (Å²) in [5.74, 6) is -0.259. The van der Waals surface area contributed by atoms with Crippen LogP contribution in [0, 0.1) is 17.0 Å². The lowest BCUT2D eigenvalue weighted by Crippen LogP contribution is -2.37. The van der Waals surface area contributed by atoms with Crippen molar-refractivity contribution in [3.8, 4) is 0 Å². The largest absolute Gasteiger partial charge is 0.359 e. The van der Waals surface area contributed by atoms with Gasteiger partial charge in [0.1, 0.15) is 5.69 Å². The molecular weight excluding hydrogens is 306 g/mol. The van der Waals surface area contributed by atoms with Gasteiger partial charge in [-0.15, -0.1) is 0 Å². The van der Waals surface area contributed by atoms with Gasteiger partial charge in [0.2, 0.25) is 5.91 Å². The van der Waals surface area contributed by atoms with Crippen LogP contribution in [0.15, 0.2) is 42.5 Å². The first kappa shape index (κ1) is 16.0. The van der Waals surface area contributed by atoms with E-state index in [-0.39, 0.29) is 29.9 Å². The van der Waals surface area contributed by atoms with Gasteiger partial charge in [0.05, 0.1) is 11.5 Å². The normalized spacial score (nSPS) is 15.9. The molecule has 1 atom stereocenters. The molecule has 2 aromatic carbocycles. The first-order chi connectivity index (χ1) is 11.5. The van der Waals surface area contributed by atoms with Gasteiger partial charge in [-0.25, -0.2) is 0 Å². The van der Waals surface area contributed by atoms with Gasteiger partial charge in [0.15, 0.2) is 0 Å². The van der Waals surface area contributed by atoms with Gasteiger partial charge in [0.25, 0.3) is 5.69 Å². The fourth-order valence-corrected chi connectivity index (χ4v) is 3.11. The number of anilines is 2. The van der Waals surface area contributed by atoms with E-state index in [1.54, 1.807) is 19.1 Å². The number of carbonyl (C=O) groups is 1. The Labute approximate surface area is 140 Å². The lowest BCUT2D eigenvalue weighted by Gasteiger charge is -2.24. The van der Waals surface area contributed by atoms with Crippen molar-refractivity contribution >= 4 is 23.0 Å². The summed E-state index contributed by atoms with van der Waals surface area (Å²) in [4.78, 5) is 25.1. The Morgan fingerprint density at radius 2 is 2.08 bits per heavy atom. The zero-order valence-corrected chi connectivity index (χ0v) is 13.7. The molecule has 124 valence electrons. The third kappa shape index (κ3) is 3.08. The second-order valence-corrected chi connectivity index (χ2v) is 6.14. The van der Waals surface area contributed by atoms with Crippen molar-refractivity contribution in [3.63, 3.8) is 0 Å². The van der Waals surface area contributed by atoms with Crippen molar-refractivity contribution < 1.29 is 9.72 Å². The SMILES string of the molecule is Cc1ccc(NC(=O)CN2c3ccccc3C[C@H]2C)c([N+](=O)[O-])c1. The molecule has 0 spiro atoms. The molecule has 6 heteroatoms. The summed E-state index contributed by atoms with van der Waals surface area (Å²) in [6.07, 6.45) is 0.897. The number of hydrogen-bond donors (Lipinski definition) is 1. The van der Waals surface area contributed by atoms with Crippen molar-refractivity contribution in [2.24, 2.45) is 0 Å². The Balaban J connectivity index is 1.76. The first-order valence-corrected chi connectivity index (χ1v) is 7.85. The summed E-state index contributed by atoms with van der Waals surface area (Å²) in [6.45, 7) is 4.02. The highest BCUT2D eigenvalue weighted by molar-refractivity contribution is 5.96. The highest BCUT2D eigenvalue weighted by Gasteiger charge is 2.27. The minimum atomic E-state index is -0.476. The maximum Gasteiger partial charge on any atom is 0.293 e. The van der Waals surface area contributed by atoms with Gasteiger partial charge in [-0.2, -0.15) is 0 Å². The molecular formula is C18H19N3O3. The number of nitrogens with one attached hydrogen (secondary N) is 1. The third-order valence-corrected chi connectivity index (χ3v) is 4.29. The van der Waals surface area contributed by atoms with Gasteiger partial charge in [-0.05, 0) is 43.5 Å². The molecule has 0 unspecified atom stereocenters. The van der Waals surface area contributed by atoms with Crippen molar-refractivity contribution in [1.29, 1.82) is 0 Å². The van der Waals surface area contributed by atoms with Crippen LogP contribution in [0.1, 0.15) is 18.1 Å². The smallest absolute Gasteiger partial charge is 0.293 e. The van der Waals surface area contributed by atoms with Gasteiger partial charge in [-0.3, -0.25) is 14.9 Å². The van der Waals surface area contributed by atoms with Crippen LogP contribution in [0.2, 0.25) is 0 Å². The summed E-state index contributed by atoms with van der Waals surface area (Å²) in [7, 11) is 0. The topological polar surface area (TPSA) is 75.5 Å². The van der Waals surface area contributed by atoms with E-state index in [0.717, 1.165) is 17.7 Å². The molecule has 3 rings (SSSR count). The van der Waals surface area contributed by atoms with E-state index in [0.29, 0.717) is 0 Å². The van der Waals surface area contributed by atoms with Crippen LogP contribution >= 0.6 is 0 Å². The molecule has 0 fully saturated rings. The molecule has 2 aromatic rings. The number of nitrogens with zero attached hydrogens (tertiary/aromatic N) is 2. The molecule has 1 aliphatic heterocycles. The Hall–Kier alpha value is -2.89. The van der Waals surface area contributed by atoms with Crippen LogP contribution in [-0.4, -0.2) is 23.4 Å². The van der Waals surface area contributed by atoms with Crippen molar-refractivity contribution in [1.82, 2.24) is 0 Å². The number of nitro benzene ring substituents is 1. The molecule has 6 nitrogen and oxygen atoms in total. The Morgan fingerprint density at radius 3 is 2.83 bits per heavy atom. The van der Waals surface area contributed by atoms with Crippen LogP contribution in [-0.2, 0) is 11.2 Å².